The van der Waals surface area contributed by atoms with Gasteiger partial charge in [-0.25, -0.2) is 4.79 Å². The third-order valence-corrected chi connectivity index (χ3v) is 5.97. The van der Waals surface area contributed by atoms with Crippen LogP contribution in [0.15, 0.2) is 48.8 Å². The van der Waals surface area contributed by atoms with Gasteiger partial charge < -0.3 is 16.4 Å². The minimum absolute atomic E-state index is 0.302. The maximum atomic E-state index is 10.9. The molecule has 0 spiro atoms. The van der Waals surface area contributed by atoms with Crippen LogP contribution >= 0.6 is 0 Å². The van der Waals surface area contributed by atoms with Gasteiger partial charge in [-0.3, -0.25) is 14.9 Å². The van der Waals surface area contributed by atoms with Crippen molar-refractivity contribution in [2.24, 2.45) is 5.73 Å². The molecule has 158 valence electrons. The molecule has 1 aliphatic carbocycles. The zero-order valence-corrected chi connectivity index (χ0v) is 17.3. The number of hydrogen-bond acceptors (Lipinski definition) is 5. The van der Waals surface area contributed by atoms with E-state index in [2.05, 4.69) is 38.7 Å². The van der Waals surface area contributed by atoms with Crippen LogP contribution in [0.25, 0.3) is 0 Å². The first-order valence-electron chi connectivity index (χ1n) is 10.7. The highest BCUT2D eigenvalue weighted by atomic mass is 16.2. The molecule has 0 fully saturated rings. The fraction of sp³-hybridized carbons (Fsp3) is 0.435. The summed E-state index contributed by atoms with van der Waals surface area (Å²) in [7, 11) is 0. The van der Waals surface area contributed by atoms with Crippen LogP contribution in [0.2, 0.25) is 0 Å². The number of carbonyl (C=O) groups excluding carboxylic acids is 1. The molecule has 4 rings (SSSR count). The molecule has 0 bridgehead atoms. The summed E-state index contributed by atoms with van der Waals surface area (Å²) < 4.78 is 0. The Morgan fingerprint density at radius 1 is 1.23 bits per heavy atom. The van der Waals surface area contributed by atoms with Gasteiger partial charge in [0.05, 0.1) is 11.7 Å². The third kappa shape index (κ3) is 5.04. The van der Waals surface area contributed by atoms with Crippen molar-refractivity contribution in [2.45, 2.75) is 44.3 Å². The van der Waals surface area contributed by atoms with Crippen LogP contribution in [0.1, 0.15) is 41.4 Å². The minimum Gasteiger partial charge on any atom is -0.352 e. The molecular formula is C23H30N6O. The van der Waals surface area contributed by atoms with Crippen LogP contribution in [0.4, 0.5) is 4.79 Å². The average Bonchev–Trinajstić information content (AvgIpc) is 2.77. The fourth-order valence-electron chi connectivity index (χ4n) is 4.51. The smallest absolute Gasteiger partial charge is 0.312 e. The molecule has 2 aromatic rings. The van der Waals surface area contributed by atoms with E-state index in [1.165, 1.54) is 28.9 Å². The topological polar surface area (TPSA) is 96.2 Å². The predicted molar refractivity (Wildman–Crippen MR) is 117 cm³/mol. The largest absolute Gasteiger partial charge is 0.352 e. The van der Waals surface area contributed by atoms with Gasteiger partial charge in [-0.1, -0.05) is 24.3 Å². The molecule has 1 unspecified atom stereocenters. The Balaban J connectivity index is 1.49. The van der Waals surface area contributed by atoms with Crippen LogP contribution in [-0.2, 0) is 19.4 Å². The van der Waals surface area contributed by atoms with E-state index in [0.717, 1.165) is 38.9 Å². The Labute approximate surface area is 177 Å². The number of aryl methyl sites for hydroxylation is 1. The number of nitrogens with two attached hydrogens (primary N) is 1. The van der Waals surface area contributed by atoms with E-state index in [0.29, 0.717) is 18.6 Å². The van der Waals surface area contributed by atoms with Gasteiger partial charge in [0.1, 0.15) is 0 Å². The Bertz CT molecular complexity index is 899. The molecule has 2 aliphatic rings. The number of fused-ring (bicyclic) bond motifs is 2. The summed E-state index contributed by atoms with van der Waals surface area (Å²) in [4.78, 5) is 22.7. The number of nitrogens with zero attached hydrogens (tertiary/aromatic N) is 3. The second kappa shape index (κ2) is 9.82. The highest BCUT2D eigenvalue weighted by Gasteiger charge is 2.29. The predicted octanol–water partition coefficient (Wildman–Crippen LogP) is 2.10. The summed E-state index contributed by atoms with van der Waals surface area (Å²) in [6, 6.07) is 8.54. The lowest BCUT2D eigenvalue weighted by Gasteiger charge is -2.37. The molecule has 1 aliphatic heterocycles. The van der Waals surface area contributed by atoms with E-state index in [4.69, 9.17) is 10.7 Å². The normalized spacial score (nSPS) is 20.7. The van der Waals surface area contributed by atoms with Gasteiger partial charge >= 0.3 is 6.03 Å². The Hall–Kier alpha value is -2.77. The first-order chi connectivity index (χ1) is 14.7. The van der Waals surface area contributed by atoms with Crippen LogP contribution < -0.4 is 16.4 Å². The van der Waals surface area contributed by atoms with Gasteiger partial charge in [-0.2, -0.15) is 0 Å². The van der Waals surface area contributed by atoms with E-state index < -0.39 is 6.03 Å². The number of carbonyl (C=O) groups is 1. The minimum atomic E-state index is -0.500. The number of primary amides is 1. The first-order valence-corrected chi connectivity index (χ1v) is 10.7. The van der Waals surface area contributed by atoms with E-state index in [1.54, 1.807) is 0 Å². The second-order valence-corrected chi connectivity index (χ2v) is 8.02. The van der Waals surface area contributed by atoms with Gasteiger partial charge in [0.2, 0.25) is 0 Å². The van der Waals surface area contributed by atoms with Crippen molar-refractivity contribution in [3.63, 3.8) is 0 Å². The number of aromatic nitrogens is 2. The standard InChI is InChI=1S/C23H30N6O/c24-23(30)27-10-1-2-13-29(21-9-3-6-17-7-4-12-26-22(17)21)16-19-14-20-18(15-28-19)8-5-11-25-20/h1-2,4-5,7-8,11-12,19,21,28H,3,6,9-10,13-16H2,(H3,24,27,30)/b2-1+/t19?,21-/m0/s1. The molecule has 0 aromatic carbocycles. The zero-order valence-electron chi connectivity index (χ0n) is 17.3. The second-order valence-electron chi connectivity index (χ2n) is 8.02. The van der Waals surface area contributed by atoms with Crippen LogP contribution in [0.5, 0.6) is 0 Å². The molecule has 2 aromatic heterocycles. The van der Waals surface area contributed by atoms with E-state index in [-0.39, 0.29) is 0 Å². The molecule has 2 atom stereocenters. The monoisotopic (exact) mass is 406 g/mol. The number of urea groups is 1. The first kappa shape index (κ1) is 20.5. The molecule has 7 nitrogen and oxygen atoms in total. The van der Waals surface area contributed by atoms with E-state index >= 15 is 0 Å². The van der Waals surface area contributed by atoms with Crippen molar-refractivity contribution in [3.8, 4) is 0 Å². The maximum absolute atomic E-state index is 10.9. The van der Waals surface area contributed by atoms with Gasteiger partial charge in [0.25, 0.3) is 0 Å². The van der Waals surface area contributed by atoms with Crippen LogP contribution in [0, 0.1) is 0 Å². The SMILES string of the molecule is NC(=O)NC/C=C/CN(CC1Cc2ncccc2CN1)[C@H]1CCCc2cccnc21. The molecule has 0 saturated heterocycles. The Morgan fingerprint density at radius 2 is 2.07 bits per heavy atom. The van der Waals surface area contributed by atoms with Crippen molar-refractivity contribution in [1.29, 1.82) is 0 Å². The van der Waals surface area contributed by atoms with Gasteiger partial charge in [0, 0.05) is 56.7 Å². The van der Waals surface area contributed by atoms with E-state index in [9.17, 15) is 4.79 Å². The molecule has 0 saturated carbocycles. The van der Waals surface area contributed by atoms with Gasteiger partial charge in [0.15, 0.2) is 0 Å². The van der Waals surface area contributed by atoms with Gasteiger partial charge in [-0.05, 0) is 42.5 Å². The van der Waals surface area contributed by atoms with Crippen molar-refractivity contribution >= 4 is 6.03 Å². The summed E-state index contributed by atoms with van der Waals surface area (Å²) in [6.07, 6.45) is 12.2. The lowest BCUT2D eigenvalue weighted by Crippen LogP contribution is -2.46. The molecule has 7 heteroatoms. The van der Waals surface area contributed by atoms with Crippen molar-refractivity contribution in [2.75, 3.05) is 19.6 Å². The molecule has 30 heavy (non-hydrogen) atoms. The van der Waals surface area contributed by atoms with Crippen molar-refractivity contribution in [3.05, 3.63) is 71.3 Å². The quantitative estimate of drug-likeness (QED) is 0.612. The summed E-state index contributed by atoms with van der Waals surface area (Å²) in [5, 5.41) is 6.29. The number of rotatable bonds is 7. The average molecular weight is 407 g/mol. The molecular weight excluding hydrogens is 376 g/mol. The zero-order chi connectivity index (χ0) is 20.8. The molecule has 2 amide bonds. The summed E-state index contributed by atoms with van der Waals surface area (Å²) in [6.45, 7) is 3.03. The molecule has 0 radical (unpaired) electrons. The Kier molecular flexibility index (Phi) is 6.71. The lowest BCUT2D eigenvalue weighted by atomic mass is 9.90. The highest BCUT2D eigenvalue weighted by Crippen LogP contribution is 2.33. The number of pyridine rings is 2. The highest BCUT2D eigenvalue weighted by molar-refractivity contribution is 5.71. The van der Waals surface area contributed by atoms with Crippen LogP contribution in [-0.4, -0.2) is 46.6 Å². The summed E-state index contributed by atoms with van der Waals surface area (Å²) in [5.74, 6) is 0. The molecule has 4 N–H and O–H groups in total. The number of hydrogen-bond donors (Lipinski definition) is 3. The fourth-order valence-corrected chi connectivity index (χ4v) is 4.51. The number of nitrogens with one attached hydrogen (secondary N) is 2. The lowest BCUT2D eigenvalue weighted by molar-refractivity contribution is 0.170. The van der Waals surface area contributed by atoms with Crippen molar-refractivity contribution < 1.29 is 4.79 Å². The Morgan fingerprint density at radius 3 is 2.93 bits per heavy atom. The van der Waals surface area contributed by atoms with Crippen LogP contribution in [0.3, 0.4) is 0 Å². The van der Waals surface area contributed by atoms with Crippen molar-refractivity contribution in [1.82, 2.24) is 25.5 Å². The number of amides is 2. The summed E-state index contributed by atoms with van der Waals surface area (Å²) in [5.41, 5.74) is 10.2. The summed E-state index contributed by atoms with van der Waals surface area (Å²) >= 11 is 0. The maximum Gasteiger partial charge on any atom is 0.312 e. The molecule has 3 heterocycles. The third-order valence-electron chi connectivity index (χ3n) is 5.97. The van der Waals surface area contributed by atoms with Gasteiger partial charge in [-0.15, -0.1) is 0 Å². The van der Waals surface area contributed by atoms with E-state index in [1.807, 2.05) is 30.6 Å².